The van der Waals surface area contributed by atoms with Crippen LogP contribution in [0.1, 0.15) is 0 Å². The van der Waals surface area contributed by atoms with Crippen LogP contribution in [0.4, 0.5) is 11.5 Å². The molecule has 3 aromatic heterocycles. The number of thiophene rings is 1. The van der Waals surface area contributed by atoms with Crippen molar-refractivity contribution in [2.24, 2.45) is 0 Å². The number of rotatable bonds is 4. The van der Waals surface area contributed by atoms with Crippen molar-refractivity contribution in [1.29, 1.82) is 0 Å². The van der Waals surface area contributed by atoms with Crippen LogP contribution in [0, 0.1) is 0 Å². The third-order valence-corrected chi connectivity index (χ3v) is 5.78. The second kappa shape index (κ2) is 8.79. The van der Waals surface area contributed by atoms with Gasteiger partial charge in [-0.3, -0.25) is 4.98 Å². The Morgan fingerprint density at radius 1 is 0.833 bits per heavy atom. The highest BCUT2D eigenvalue weighted by molar-refractivity contribution is 7.22. The number of fused-ring (bicyclic) bond motifs is 1. The van der Waals surface area contributed by atoms with Crippen LogP contribution >= 0.6 is 35.3 Å². The number of hydrogen-bond acceptors (Lipinski definition) is 5. The lowest BCUT2D eigenvalue weighted by molar-refractivity contribution is 1.18. The van der Waals surface area contributed by atoms with Gasteiger partial charge >= 0.3 is 0 Å². The Kier molecular flexibility index (Phi) is 5.95. The Balaban J connectivity index is 0.00000218. The molecule has 0 aliphatic heterocycles. The van der Waals surface area contributed by atoms with Crippen LogP contribution in [-0.4, -0.2) is 15.0 Å². The van der Waals surface area contributed by atoms with Gasteiger partial charge < -0.3 is 5.32 Å². The van der Waals surface area contributed by atoms with Crippen molar-refractivity contribution in [3.05, 3.63) is 90.1 Å². The highest BCUT2D eigenvalue weighted by Crippen LogP contribution is 2.37. The van der Waals surface area contributed by atoms with Crippen molar-refractivity contribution < 1.29 is 0 Å². The van der Waals surface area contributed by atoms with Gasteiger partial charge in [-0.25, -0.2) is 9.97 Å². The fourth-order valence-electron chi connectivity index (χ4n) is 3.04. The maximum atomic E-state index is 6.03. The van der Waals surface area contributed by atoms with E-state index >= 15 is 0 Å². The van der Waals surface area contributed by atoms with E-state index in [0.29, 0.717) is 10.8 Å². The molecule has 0 bridgehead atoms. The third-order valence-electron chi connectivity index (χ3n) is 4.45. The molecule has 0 spiro atoms. The van der Waals surface area contributed by atoms with Crippen molar-refractivity contribution in [2.45, 2.75) is 0 Å². The van der Waals surface area contributed by atoms with Crippen LogP contribution < -0.4 is 5.32 Å². The Morgan fingerprint density at radius 2 is 1.60 bits per heavy atom. The summed E-state index contributed by atoms with van der Waals surface area (Å²) in [5, 5.41) is 5.09. The van der Waals surface area contributed by atoms with Crippen LogP contribution in [0.3, 0.4) is 0 Å². The lowest BCUT2D eigenvalue weighted by atomic mass is 10.2. The fraction of sp³-hybridized carbons (Fsp3) is 0. The van der Waals surface area contributed by atoms with Crippen LogP contribution in [0.2, 0.25) is 5.02 Å². The van der Waals surface area contributed by atoms with E-state index in [1.807, 2.05) is 60.7 Å². The quantitative estimate of drug-likeness (QED) is 0.313. The number of nitrogens with zero attached hydrogens (tertiary/aromatic N) is 3. The predicted molar refractivity (Wildman–Crippen MR) is 128 cm³/mol. The molecule has 5 aromatic rings. The van der Waals surface area contributed by atoms with E-state index in [4.69, 9.17) is 21.6 Å². The standard InChI is InChI=1S/C23H15ClN4S.ClH/c24-16-9-11-17(12-10-16)26-21-18-14-20(15-6-2-1-3-7-15)29-23(18)28-22(27-21)19-8-4-5-13-25-19;/h1-14H,(H,26,27,28);1H. The summed E-state index contributed by atoms with van der Waals surface area (Å²) in [6.07, 6.45) is 1.75. The summed E-state index contributed by atoms with van der Waals surface area (Å²) in [7, 11) is 0. The number of aromatic nitrogens is 3. The van der Waals surface area contributed by atoms with Gasteiger partial charge in [-0.05, 0) is 48.0 Å². The monoisotopic (exact) mass is 450 g/mol. The molecule has 30 heavy (non-hydrogen) atoms. The summed E-state index contributed by atoms with van der Waals surface area (Å²) in [6.45, 7) is 0. The molecule has 0 amide bonds. The maximum absolute atomic E-state index is 6.03. The number of hydrogen-bond donors (Lipinski definition) is 1. The minimum absolute atomic E-state index is 0. The average Bonchev–Trinajstić information content (AvgIpc) is 3.21. The Labute approximate surface area is 189 Å². The van der Waals surface area contributed by atoms with Crippen molar-refractivity contribution in [3.63, 3.8) is 0 Å². The smallest absolute Gasteiger partial charge is 0.181 e. The minimum atomic E-state index is 0. The van der Waals surface area contributed by atoms with Gasteiger partial charge in [0.15, 0.2) is 5.82 Å². The van der Waals surface area contributed by atoms with Crippen LogP contribution in [0.15, 0.2) is 85.1 Å². The Bertz CT molecular complexity index is 1270. The first-order valence-corrected chi connectivity index (χ1v) is 10.3. The van der Waals surface area contributed by atoms with Gasteiger partial charge in [0, 0.05) is 21.8 Å². The highest BCUT2D eigenvalue weighted by atomic mass is 35.5. The number of anilines is 2. The molecule has 0 unspecified atom stereocenters. The van der Waals surface area contributed by atoms with Crippen LogP contribution in [0.5, 0.6) is 0 Å². The Morgan fingerprint density at radius 3 is 2.33 bits per heavy atom. The number of benzene rings is 2. The molecule has 0 radical (unpaired) electrons. The summed E-state index contributed by atoms with van der Waals surface area (Å²) >= 11 is 7.67. The molecule has 0 aliphatic carbocycles. The molecule has 4 nitrogen and oxygen atoms in total. The molecule has 7 heteroatoms. The van der Waals surface area contributed by atoms with Crippen molar-refractivity contribution in [2.75, 3.05) is 5.32 Å². The number of nitrogens with one attached hydrogen (secondary N) is 1. The minimum Gasteiger partial charge on any atom is -0.340 e. The lowest BCUT2D eigenvalue weighted by Gasteiger charge is -2.09. The van der Waals surface area contributed by atoms with Gasteiger partial charge in [-0.1, -0.05) is 48.0 Å². The van der Waals surface area contributed by atoms with Crippen molar-refractivity contribution in [1.82, 2.24) is 15.0 Å². The van der Waals surface area contributed by atoms with Gasteiger partial charge in [0.1, 0.15) is 16.3 Å². The zero-order valence-corrected chi connectivity index (χ0v) is 18.0. The van der Waals surface area contributed by atoms with Gasteiger partial charge in [-0.15, -0.1) is 23.7 Å². The molecule has 5 rings (SSSR count). The number of halogens is 2. The van der Waals surface area contributed by atoms with Gasteiger partial charge in [0.2, 0.25) is 0 Å². The van der Waals surface area contributed by atoms with E-state index in [-0.39, 0.29) is 12.4 Å². The SMILES string of the molecule is Cl.Clc1ccc(Nc2nc(-c3ccccn3)nc3sc(-c4ccccc4)cc23)cc1. The highest BCUT2D eigenvalue weighted by Gasteiger charge is 2.15. The summed E-state index contributed by atoms with van der Waals surface area (Å²) in [4.78, 5) is 16.1. The normalized spacial score (nSPS) is 10.6. The first-order chi connectivity index (χ1) is 14.3. The van der Waals surface area contributed by atoms with Gasteiger partial charge in [0.05, 0.1) is 5.39 Å². The van der Waals surface area contributed by atoms with E-state index < -0.39 is 0 Å². The zero-order chi connectivity index (χ0) is 19.6. The van der Waals surface area contributed by atoms with Gasteiger partial charge in [0.25, 0.3) is 0 Å². The van der Waals surface area contributed by atoms with Gasteiger partial charge in [-0.2, -0.15) is 0 Å². The summed E-state index contributed by atoms with van der Waals surface area (Å²) < 4.78 is 0. The van der Waals surface area contributed by atoms with Crippen LogP contribution in [0.25, 0.3) is 32.2 Å². The lowest BCUT2D eigenvalue weighted by Crippen LogP contribution is -1.98. The molecule has 148 valence electrons. The van der Waals surface area contributed by atoms with Crippen molar-refractivity contribution >= 4 is 57.1 Å². The zero-order valence-electron chi connectivity index (χ0n) is 15.6. The molecule has 0 fully saturated rings. The van der Waals surface area contributed by atoms with E-state index in [1.165, 1.54) is 0 Å². The largest absolute Gasteiger partial charge is 0.340 e. The first kappa shape index (κ1) is 20.3. The van der Waals surface area contributed by atoms with E-state index in [0.717, 1.165) is 37.9 Å². The molecule has 1 N–H and O–H groups in total. The molecule has 2 aromatic carbocycles. The van der Waals surface area contributed by atoms with E-state index in [2.05, 4.69) is 28.5 Å². The topological polar surface area (TPSA) is 50.7 Å². The molecule has 0 atom stereocenters. The predicted octanol–water partition coefficient (Wildman–Crippen LogP) is 7.24. The van der Waals surface area contributed by atoms with E-state index in [9.17, 15) is 0 Å². The summed E-state index contributed by atoms with van der Waals surface area (Å²) in [6, 6.07) is 25.7. The third kappa shape index (κ3) is 4.14. The molecular formula is C23H16Cl2N4S. The molecule has 3 heterocycles. The number of pyridine rings is 1. The summed E-state index contributed by atoms with van der Waals surface area (Å²) in [5.74, 6) is 1.34. The summed E-state index contributed by atoms with van der Waals surface area (Å²) in [5.41, 5.74) is 2.81. The second-order valence-electron chi connectivity index (χ2n) is 6.44. The average molecular weight is 451 g/mol. The molecule has 0 saturated heterocycles. The first-order valence-electron chi connectivity index (χ1n) is 9.07. The maximum Gasteiger partial charge on any atom is 0.181 e. The van der Waals surface area contributed by atoms with Crippen molar-refractivity contribution in [3.8, 4) is 22.0 Å². The van der Waals surface area contributed by atoms with E-state index in [1.54, 1.807) is 17.5 Å². The molecular weight excluding hydrogens is 435 g/mol. The van der Waals surface area contributed by atoms with Crippen LogP contribution in [-0.2, 0) is 0 Å². The molecule has 0 saturated carbocycles. The second-order valence-corrected chi connectivity index (χ2v) is 7.91. The fourth-order valence-corrected chi connectivity index (χ4v) is 4.20. The Hall–Kier alpha value is -2.99. The molecule has 0 aliphatic rings.